The van der Waals surface area contributed by atoms with E-state index in [1.807, 2.05) is 0 Å². The van der Waals surface area contributed by atoms with Crippen LogP contribution in [-0.2, 0) is 19.2 Å². The van der Waals surface area contributed by atoms with Crippen LogP contribution in [0.15, 0.2) is 4.99 Å². The number of nitrogens with one attached hydrogen (secondary N) is 2. The number of carbonyl (C=O) groups excluding carboxylic acids is 3. The topological polar surface area (TPSA) is 226 Å². The molecule has 0 aromatic heterocycles. The molecule has 13 heteroatoms. The lowest BCUT2D eigenvalue weighted by molar-refractivity contribution is -0.150. The highest BCUT2D eigenvalue weighted by Gasteiger charge is 2.39. The molecule has 0 bridgehead atoms. The van der Waals surface area contributed by atoms with Crippen LogP contribution < -0.4 is 27.8 Å². The molecule has 5 atom stereocenters. The lowest BCUT2D eigenvalue weighted by atomic mass is 10.1. The molecule has 0 radical (unpaired) electrons. The number of aliphatic hydroxyl groups is 1. The SMILES string of the molecule is CC(NC(=O)C(N)CCCN=C(N)N)C(=O)NC(C(=O)N1CCCC1C(=O)O)C(C)O. The van der Waals surface area contributed by atoms with Crippen molar-refractivity contribution in [2.45, 2.75) is 69.8 Å². The zero-order chi connectivity index (χ0) is 23.7. The summed E-state index contributed by atoms with van der Waals surface area (Å²) in [7, 11) is 0. The Kier molecular flexibility index (Phi) is 10.1. The van der Waals surface area contributed by atoms with Crippen molar-refractivity contribution in [1.29, 1.82) is 0 Å². The molecule has 3 amide bonds. The first kappa shape index (κ1) is 26.1. The summed E-state index contributed by atoms with van der Waals surface area (Å²) in [6.07, 6.45) is 0.294. The summed E-state index contributed by atoms with van der Waals surface area (Å²) in [4.78, 5) is 53.6. The summed E-state index contributed by atoms with van der Waals surface area (Å²) >= 11 is 0. The van der Waals surface area contributed by atoms with Gasteiger partial charge < -0.3 is 42.9 Å². The number of guanidine groups is 1. The number of rotatable bonds is 11. The predicted octanol–water partition coefficient (Wildman–Crippen LogP) is -3.19. The molecule has 31 heavy (non-hydrogen) atoms. The van der Waals surface area contributed by atoms with Crippen LogP contribution >= 0.6 is 0 Å². The Hall–Kier alpha value is -2.93. The van der Waals surface area contributed by atoms with Gasteiger partial charge in [-0.2, -0.15) is 0 Å². The predicted molar refractivity (Wildman–Crippen MR) is 111 cm³/mol. The first-order valence-corrected chi connectivity index (χ1v) is 10.1. The van der Waals surface area contributed by atoms with Gasteiger partial charge in [0.15, 0.2) is 5.96 Å². The van der Waals surface area contributed by atoms with Gasteiger partial charge in [0.25, 0.3) is 0 Å². The first-order chi connectivity index (χ1) is 14.5. The van der Waals surface area contributed by atoms with Crippen LogP contribution in [0.5, 0.6) is 0 Å². The molecule has 0 aromatic carbocycles. The summed E-state index contributed by atoms with van der Waals surface area (Å²) in [5.74, 6) is -3.18. The average Bonchev–Trinajstić information content (AvgIpc) is 3.18. The number of carboxylic acids is 1. The lowest BCUT2D eigenvalue weighted by Gasteiger charge is -2.29. The zero-order valence-corrected chi connectivity index (χ0v) is 17.8. The third-order valence-electron chi connectivity index (χ3n) is 4.92. The smallest absolute Gasteiger partial charge is 0.326 e. The van der Waals surface area contributed by atoms with E-state index in [4.69, 9.17) is 17.2 Å². The third-order valence-corrected chi connectivity index (χ3v) is 4.92. The van der Waals surface area contributed by atoms with Gasteiger partial charge in [-0.15, -0.1) is 0 Å². The van der Waals surface area contributed by atoms with E-state index in [9.17, 15) is 29.4 Å². The molecule has 176 valence electrons. The largest absolute Gasteiger partial charge is 0.480 e. The van der Waals surface area contributed by atoms with Gasteiger partial charge in [0, 0.05) is 13.1 Å². The standard InChI is InChI=1S/C18H33N7O6/c1-9(23-15(28)11(19)5-3-7-22-18(20)21)14(27)24-13(10(2)26)16(29)25-8-4-6-12(25)17(30)31/h9-13,26H,3-8,19H2,1-2H3,(H,23,28)(H,24,27)(H,30,31)(H4,20,21,22). The Bertz CT molecular complexity index is 695. The van der Waals surface area contributed by atoms with E-state index < -0.39 is 54.0 Å². The Morgan fingerprint density at radius 3 is 2.35 bits per heavy atom. The summed E-state index contributed by atoms with van der Waals surface area (Å²) in [5, 5.41) is 24.1. The highest BCUT2D eigenvalue weighted by atomic mass is 16.4. The van der Waals surface area contributed by atoms with Gasteiger partial charge in [-0.3, -0.25) is 19.4 Å². The summed E-state index contributed by atoms with van der Waals surface area (Å²) in [6.45, 7) is 3.24. The van der Waals surface area contributed by atoms with Crippen LogP contribution in [0.2, 0.25) is 0 Å². The van der Waals surface area contributed by atoms with E-state index in [2.05, 4.69) is 15.6 Å². The maximum atomic E-state index is 12.7. The highest BCUT2D eigenvalue weighted by molar-refractivity contribution is 5.94. The molecule has 1 fully saturated rings. The lowest BCUT2D eigenvalue weighted by Crippen LogP contribution is -2.59. The molecule has 5 unspecified atom stereocenters. The van der Waals surface area contributed by atoms with Crippen molar-refractivity contribution in [3.63, 3.8) is 0 Å². The summed E-state index contributed by atoms with van der Waals surface area (Å²) in [6, 6.07) is -4.28. The molecule has 0 aliphatic carbocycles. The minimum absolute atomic E-state index is 0.0610. The van der Waals surface area contributed by atoms with E-state index in [1.165, 1.54) is 13.8 Å². The van der Waals surface area contributed by atoms with Crippen LogP contribution in [0.25, 0.3) is 0 Å². The van der Waals surface area contributed by atoms with Crippen molar-refractivity contribution in [3.05, 3.63) is 0 Å². The minimum Gasteiger partial charge on any atom is -0.480 e. The fraction of sp³-hybridized carbons (Fsp3) is 0.722. The van der Waals surface area contributed by atoms with E-state index >= 15 is 0 Å². The van der Waals surface area contributed by atoms with Crippen molar-refractivity contribution in [2.24, 2.45) is 22.2 Å². The molecule has 1 rings (SSSR count). The van der Waals surface area contributed by atoms with Gasteiger partial charge in [0.2, 0.25) is 17.7 Å². The second-order valence-corrected chi connectivity index (χ2v) is 7.54. The number of aliphatic carboxylic acids is 1. The van der Waals surface area contributed by atoms with Gasteiger partial charge in [-0.05, 0) is 39.5 Å². The number of nitrogens with two attached hydrogens (primary N) is 3. The van der Waals surface area contributed by atoms with Crippen molar-refractivity contribution in [1.82, 2.24) is 15.5 Å². The normalized spacial score (nSPS) is 19.6. The number of amides is 3. The van der Waals surface area contributed by atoms with Crippen LogP contribution in [0.3, 0.4) is 0 Å². The van der Waals surface area contributed by atoms with Crippen LogP contribution in [0.1, 0.15) is 39.5 Å². The average molecular weight is 444 g/mol. The van der Waals surface area contributed by atoms with Gasteiger partial charge in [0.1, 0.15) is 18.1 Å². The number of likely N-dealkylation sites (tertiary alicyclic amines) is 1. The zero-order valence-electron chi connectivity index (χ0n) is 17.8. The fourth-order valence-corrected chi connectivity index (χ4v) is 3.17. The number of hydrogen-bond donors (Lipinski definition) is 7. The Morgan fingerprint density at radius 1 is 1.16 bits per heavy atom. The van der Waals surface area contributed by atoms with Crippen molar-refractivity contribution in [3.8, 4) is 0 Å². The Morgan fingerprint density at radius 2 is 1.81 bits per heavy atom. The summed E-state index contributed by atoms with van der Waals surface area (Å²) in [5.41, 5.74) is 16.2. The van der Waals surface area contributed by atoms with Crippen LogP contribution in [-0.4, -0.2) is 88.1 Å². The number of carboxylic acid groups (broad SMARTS) is 1. The number of aliphatic hydroxyl groups excluding tert-OH is 1. The number of carbonyl (C=O) groups is 4. The maximum Gasteiger partial charge on any atom is 0.326 e. The highest BCUT2D eigenvalue weighted by Crippen LogP contribution is 2.19. The molecular weight excluding hydrogens is 410 g/mol. The molecule has 0 aromatic rings. The van der Waals surface area contributed by atoms with Crippen LogP contribution in [0.4, 0.5) is 0 Å². The van der Waals surface area contributed by atoms with Gasteiger partial charge in [0.05, 0.1) is 12.1 Å². The van der Waals surface area contributed by atoms with E-state index in [0.29, 0.717) is 25.8 Å². The molecular formula is C18H33N7O6. The minimum atomic E-state index is -1.35. The van der Waals surface area contributed by atoms with Gasteiger partial charge in [-0.1, -0.05) is 0 Å². The fourth-order valence-electron chi connectivity index (χ4n) is 3.17. The monoisotopic (exact) mass is 443 g/mol. The molecule has 1 aliphatic heterocycles. The van der Waals surface area contributed by atoms with Crippen LogP contribution in [0, 0.1) is 0 Å². The van der Waals surface area contributed by atoms with Crippen molar-refractivity contribution >= 4 is 29.7 Å². The molecule has 1 saturated heterocycles. The first-order valence-electron chi connectivity index (χ1n) is 10.1. The molecule has 1 aliphatic rings. The molecule has 13 nitrogen and oxygen atoms in total. The van der Waals surface area contributed by atoms with Crippen molar-refractivity contribution < 1.29 is 29.4 Å². The molecule has 0 saturated carbocycles. The molecule has 10 N–H and O–H groups in total. The summed E-state index contributed by atoms with van der Waals surface area (Å²) < 4.78 is 0. The number of hydrogen-bond acceptors (Lipinski definition) is 7. The van der Waals surface area contributed by atoms with E-state index in [-0.39, 0.29) is 18.9 Å². The number of aliphatic imine (C=N–C) groups is 1. The Labute approximate surface area is 180 Å². The molecule has 1 heterocycles. The third kappa shape index (κ3) is 8.02. The second kappa shape index (κ2) is 12.1. The Balaban J connectivity index is 2.64. The van der Waals surface area contributed by atoms with E-state index in [1.54, 1.807) is 0 Å². The van der Waals surface area contributed by atoms with E-state index in [0.717, 1.165) is 4.90 Å². The maximum absolute atomic E-state index is 12.7. The van der Waals surface area contributed by atoms with Gasteiger partial charge >= 0.3 is 5.97 Å². The quantitative estimate of drug-likeness (QED) is 0.0968. The second-order valence-electron chi connectivity index (χ2n) is 7.54. The molecule has 0 spiro atoms. The number of nitrogens with zero attached hydrogens (tertiary/aromatic N) is 2. The van der Waals surface area contributed by atoms with Crippen molar-refractivity contribution in [2.75, 3.05) is 13.1 Å². The van der Waals surface area contributed by atoms with Gasteiger partial charge in [-0.25, -0.2) is 4.79 Å².